The number of ketones is 1. The topological polar surface area (TPSA) is 72.6 Å². The monoisotopic (exact) mass is 420 g/mol. The summed E-state index contributed by atoms with van der Waals surface area (Å²) in [6, 6.07) is 7.63. The predicted molar refractivity (Wildman–Crippen MR) is 115 cm³/mol. The molecule has 1 aliphatic heterocycles. The highest BCUT2D eigenvalue weighted by Gasteiger charge is 2.42. The van der Waals surface area contributed by atoms with E-state index in [0.29, 0.717) is 36.9 Å². The van der Waals surface area contributed by atoms with Crippen LogP contribution in [0.25, 0.3) is 0 Å². The Kier molecular flexibility index (Phi) is 7.23. The summed E-state index contributed by atoms with van der Waals surface area (Å²) in [6.45, 7) is 1.40. The highest BCUT2D eigenvalue weighted by Crippen LogP contribution is 2.42. The number of likely N-dealkylation sites (tertiary alicyclic amines) is 1. The van der Waals surface area contributed by atoms with Crippen LogP contribution in [0.2, 0.25) is 0 Å². The predicted octanol–water partition coefficient (Wildman–Crippen LogP) is 3.69. The Morgan fingerprint density at radius 3 is 2.10 bits per heavy atom. The molecule has 2 unspecified atom stereocenters. The van der Waals surface area contributed by atoms with Crippen molar-refractivity contribution in [3.63, 3.8) is 0 Å². The van der Waals surface area contributed by atoms with E-state index in [1.807, 2.05) is 29.2 Å². The summed E-state index contributed by atoms with van der Waals surface area (Å²) in [7, 11) is 1.62. The molecule has 29 heavy (non-hydrogen) atoms. The van der Waals surface area contributed by atoms with Crippen molar-refractivity contribution in [1.29, 1.82) is 0 Å². The normalized spacial score (nSPS) is 29.7. The number of halogens is 1. The van der Waals surface area contributed by atoms with Crippen LogP contribution in [0.4, 0.5) is 0 Å². The number of carbonyl (C=O) groups excluding carboxylic acids is 2. The molecule has 2 atom stereocenters. The van der Waals surface area contributed by atoms with Gasteiger partial charge in [-0.05, 0) is 74.6 Å². The molecule has 2 aliphatic carbocycles. The Balaban J connectivity index is 0.00000240. The van der Waals surface area contributed by atoms with Crippen LogP contribution in [0.5, 0.6) is 5.75 Å². The summed E-state index contributed by atoms with van der Waals surface area (Å²) in [4.78, 5) is 27.9. The van der Waals surface area contributed by atoms with Crippen LogP contribution >= 0.6 is 12.4 Å². The van der Waals surface area contributed by atoms with Gasteiger partial charge in [0.1, 0.15) is 5.75 Å². The standard InChI is InChI=1S/C23H32N2O3.ClH/c1-28-20-7-5-15(6-8-20)22(26)16-9-11-25(12-10-16)23(27)19-13-17-3-2-4-18(14-19)21(17)24;/h5-8,16-19,21H,2-4,9-14,24H2,1H3;1H. The molecule has 1 saturated heterocycles. The number of rotatable bonds is 4. The first-order valence-electron chi connectivity index (χ1n) is 10.8. The fourth-order valence-electron chi connectivity index (χ4n) is 5.60. The number of ether oxygens (including phenoxy) is 1. The summed E-state index contributed by atoms with van der Waals surface area (Å²) < 4.78 is 5.16. The molecule has 1 aromatic rings. The van der Waals surface area contributed by atoms with Crippen LogP contribution in [-0.2, 0) is 4.79 Å². The average Bonchev–Trinajstić information content (AvgIpc) is 2.73. The van der Waals surface area contributed by atoms with Gasteiger partial charge in [-0.2, -0.15) is 0 Å². The minimum atomic E-state index is 0. The Morgan fingerprint density at radius 1 is 0.966 bits per heavy atom. The number of nitrogens with two attached hydrogens (primary N) is 1. The lowest BCUT2D eigenvalue weighted by Gasteiger charge is -2.45. The third kappa shape index (κ3) is 4.61. The van der Waals surface area contributed by atoms with E-state index in [1.54, 1.807) is 7.11 Å². The van der Waals surface area contributed by atoms with Crippen LogP contribution in [0.1, 0.15) is 55.3 Å². The van der Waals surface area contributed by atoms with Crippen LogP contribution in [-0.4, -0.2) is 42.8 Å². The fourth-order valence-corrected chi connectivity index (χ4v) is 5.60. The summed E-state index contributed by atoms with van der Waals surface area (Å²) in [5.41, 5.74) is 7.12. The van der Waals surface area contributed by atoms with Gasteiger partial charge < -0.3 is 15.4 Å². The number of hydrogen-bond donors (Lipinski definition) is 1. The molecule has 0 spiro atoms. The molecule has 2 saturated carbocycles. The number of nitrogens with zero attached hydrogens (tertiary/aromatic N) is 1. The van der Waals surface area contributed by atoms with Crippen LogP contribution < -0.4 is 10.5 Å². The quantitative estimate of drug-likeness (QED) is 0.754. The number of piperidine rings is 1. The first-order chi connectivity index (χ1) is 13.6. The summed E-state index contributed by atoms with van der Waals surface area (Å²) in [5, 5.41) is 0. The van der Waals surface area contributed by atoms with Gasteiger partial charge in [-0.15, -0.1) is 12.4 Å². The first kappa shape index (κ1) is 22.1. The molecule has 3 aliphatic rings. The van der Waals surface area contributed by atoms with Gasteiger partial charge in [0.2, 0.25) is 5.91 Å². The second kappa shape index (κ2) is 9.48. The number of carbonyl (C=O) groups is 2. The van der Waals surface area contributed by atoms with Gasteiger partial charge in [0, 0.05) is 36.5 Å². The molecule has 1 amide bonds. The Hall–Kier alpha value is -1.59. The largest absolute Gasteiger partial charge is 0.497 e. The molecule has 4 rings (SSSR count). The van der Waals surface area contributed by atoms with Gasteiger partial charge in [-0.1, -0.05) is 6.42 Å². The third-order valence-electron chi connectivity index (χ3n) is 7.31. The van der Waals surface area contributed by atoms with E-state index in [-0.39, 0.29) is 30.0 Å². The number of methoxy groups -OCH3 is 1. The SMILES string of the molecule is COc1ccc(C(=O)C2CCN(C(=O)C3CC4CCCC(C3)C4N)CC2)cc1.Cl. The Morgan fingerprint density at radius 2 is 1.55 bits per heavy atom. The molecule has 2 bridgehead atoms. The maximum atomic E-state index is 13.1. The molecule has 1 heterocycles. The maximum Gasteiger partial charge on any atom is 0.225 e. The van der Waals surface area contributed by atoms with Gasteiger partial charge in [0.05, 0.1) is 7.11 Å². The molecule has 5 nitrogen and oxygen atoms in total. The molecule has 1 aromatic carbocycles. The second-order valence-electron chi connectivity index (χ2n) is 8.89. The molecule has 160 valence electrons. The number of hydrogen-bond acceptors (Lipinski definition) is 4. The van der Waals surface area contributed by atoms with Crippen molar-refractivity contribution in [3.8, 4) is 5.75 Å². The Labute approximate surface area is 179 Å². The van der Waals surface area contributed by atoms with Gasteiger partial charge >= 0.3 is 0 Å². The zero-order valence-electron chi connectivity index (χ0n) is 17.2. The smallest absolute Gasteiger partial charge is 0.225 e. The van der Waals surface area contributed by atoms with Gasteiger partial charge in [0.25, 0.3) is 0 Å². The number of amides is 1. The van der Waals surface area contributed by atoms with Crippen molar-refractivity contribution in [3.05, 3.63) is 29.8 Å². The van der Waals surface area contributed by atoms with Crippen molar-refractivity contribution >= 4 is 24.1 Å². The zero-order chi connectivity index (χ0) is 19.7. The van der Waals surface area contributed by atoms with Crippen LogP contribution in [0, 0.1) is 23.7 Å². The van der Waals surface area contributed by atoms with Crippen molar-refractivity contribution in [2.45, 2.75) is 51.0 Å². The van der Waals surface area contributed by atoms with Crippen LogP contribution in [0.3, 0.4) is 0 Å². The van der Waals surface area contributed by atoms with E-state index in [1.165, 1.54) is 19.3 Å². The molecular formula is C23H33ClN2O3. The van der Waals surface area contributed by atoms with Crippen molar-refractivity contribution in [2.24, 2.45) is 29.4 Å². The third-order valence-corrected chi connectivity index (χ3v) is 7.31. The number of Topliss-reactive ketones (excluding diaryl/α,β-unsaturated/α-hetero) is 1. The van der Waals surface area contributed by atoms with Crippen molar-refractivity contribution in [1.82, 2.24) is 4.90 Å². The van der Waals surface area contributed by atoms with Crippen LogP contribution in [0.15, 0.2) is 24.3 Å². The lowest BCUT2D eigenvalue weighted by Crippen LogP contribution is -2.51. The van der Waals surface area contributed by atoms with E-state index in [0.717, 1.165) is 37.0 Å². The summed E-state index contributed by atoms with van der Waals surface area (Å²) >= 11 is 0. The Bertz CT molecular complexity index is 701. The summed E-state index contributed by atoms with van der Waals surface area (Å²) in [6.07, 6.45) is 7.07. The molecule has 3 fully saturated rings. The zero-order valence-corrected chi connectivity index (χ0v) is 18.0. The second-order valence-corrected chi connectivity index (χ2v) is 8.89. The molecule has 0 radical (unpaired) electrons. The molecule has 6 heteroatoms. The van der Waals surface area contributed by atoms with Gasteiger partial charge in [-0.25, -0.2) is 0 Å². The lowest BCUT2D eigenvalue weighted by molar-refractivity contribution is -0.139. The van der Waals surface area contributed by atoms with Crippen molar-refractivity contribution in [2.75, 3.05) is 20.2 Å². The molecular weight excluding hydrogens is 388 g/mol. The highest BCUT2D eigenvalue weighted by molar-refractivity contribution is 5.98. The maximum absolute atomic E-state index is 13.1. The van der Waals surface area contributed by atoms with Gasteiger partial charge in [0.15, 0.2) is 5.78 Å². The van der Waals surface area contributed by atoms with E-state index >= 15 is 0 Å². The fraction of sp³-hybridized carbons (Fsp3) is 0.652. The van der Waals surface area contributed by atoms with E-state index in [9.17, 15) is 9.59 Å². The summed E-state index contributed by atoms with van der Waals surface area (Å²) in [5.74, 6) is 2.45. The van der Waals surface area contributed by atoms with Crippen molar-refractivity contribution < 1.29 is 14.3 Å². The van der Waals surface area contributed by atoms with E-state index in [2.05, 4.69) is 0 Å². The van der Waals surface area contributed by atoms with E-state index < -0.39 is 0 Å². The number of fused-ring (bicyclic) bond motifs is 2. The minimum absolute atomic E-state index is 0. The average molecular weight is 421 g/mol. The number of benzene rings is 1. The minimum Gasteiger partial charge on any atom is -0.497 e. The molecule has 0 aromatic heterocycles. The van der Waals surface area contributed by atoms with Gasteiger partial charge in [-0.3, -0.25) is 9.59 Å². The highest BCUT2D eigenvalue weighted by atomic mass is 35.5. The first-order valence-corrected chi connectivity index (χ1v) is 10.8. The van der Waals surface area contributed by atoms with E-state index in [4.69, 9.17) is 10.5 Å². The molecule has 2 N–H and O–H groups in total. The lowest BCUT2D eigenvalue weighted by atomic mass is 9.65.